The van der Waals surface area contributed by atoms with Gasteiger partial charge in [0, 0.05) is 45.1 Å². The maximum atomic E-state index is 5.18. The number of rotatable bonds is 4. The Balaban J connectivity index is 1.59. The fraction of sp³-hybridized carbons (Fsp3) is 0. The van der Waals surface area contributed by atoms with E-state index >= 15 is 0 Å². The van der Waals surface area contributed by atoms with Crippen LogP contribution in [0.4, 0.5) is 0 Å². The van der Waals surface area contributed by atoms with Gasteiger partial charge in [0.2, 0.25) is 0 Å². The van der Waals surface area contributed by atoms with E-state index in [1.54, 1.807) is 0 Å². The van der Waals surface area contributed by atoms with E-state index in [2.05, 4.69) is 158 Å². The number of hydrogen-bond acceptors (Lipinski definition) is 2. The second kappa shape index (κ2) is 11.3. The molecule has 0 atom stereocenters. The highest BCUT2D eigenvalue weighted by molar-refractivity contribution is 6.43. The molecule has 2 heteroatoms. The van der Waals surface area contributed by atoms with E-state index in [-0.39, 0.29) is 0 Å². The summed E-state index contributed by atoms with van der Waals surface area (Å²) in [6, 6.07) is 61.5. The molecule has 11 rings (SSSR count). The molecule has 0 bridgehead atoms. The SMILES string of the molecule is c1ccc(-c2c3ccccc3c(-c3ccccc3)c3c(-c4ccccn4)c4c5cccc6ccc7cccc(c4c(-c4ccccn4)c23)c7c65)cc1. The zero-order valence-corrected chi connectivity index (χ0v) is 28.2. The summed E-state index contributed by atoms with van der Waals surface area (Å²) in [4.78, 5) is 10.4. The first-order valence-corrected chi connectivity index (χ1v) is 17.8. The lowest BCUT2D eigenvalue weighted by molar-refractivity contribution is 1.33. The number of aromatic nitrogens is 2. The van der Waals surface area contributed by atoms with Crippen LogP contribution in [0.5, 0.6) is 0 Å². The topological polar surface area (TPSA) is 25.8 Å². The Morgan fingerprint density at radius 3 is 1.08 bits per heavy atom. The van der Waals surface area contributed by atoms with E-state index in [0.29, 0.717) is 0 Å². The molecule has 0 aliphatic heterocycles. The summed E-state index contributed by atoms with van der Waals surface area (Å²) in [7, 11) is 0. The van der Waals surface area contributed by atoms with Crippen LogP contribution in [-0.4, -0.2) is 9.97 Å². The summed E-state index contributed by atoms with van der Waals surface area (Å²) in [5.74, 6) is 0. The summed E-state index contributed by atoms with van der Waals surface area (Å²) < 4.78 is 0. The standard InChI is InChI=1S/C50H30N2/c1-3-15-31(16-4-1)41-35-21-7-8-22-36(35)42(32-17-5-2-6-18-32)50-48(40-26-10-12-30-52-40)46-38-24-14-20-34-28-27-33-19-13-23-37(43(33)44(34)38)45(46)47(49(41)50)39-25-9-11-29-51-39/h1-30H. The Morgan fingerprint density at radius 1 is 0.250 bits per heavy atom. The summed E-state index contributed by atoms with van der Waals surface area (Å²) >= 11 is 0. The molecule has 0 aliphatic rings. The van der Waals surface area contributed by atoms with Gasteiger partial charge in [0.25, 0.3) is 0 Å². The minimum Gasteiger partial charge on any atom is -0.256 e. The van der Waals surface area contributed by atoms with Crippen molar-refractivity contribution in [3.63, 3.8) is 0 Å². The lowest BCUT2D eigenvalue weighted by atomic mass is 9.76. The first kappa shape index (κ1) is 28.9. The van der Waals surface area contributed by atoms with E-state index < -0.39 is 0 Å². The third-order valence-corrected chi connectivity index (χ3v) is 10.9. The molecule has 0 aliphatic carbocycles. The lowest BCUT2D eigenvalue weighted by Gasteiger charge is -2.26. The normalized spacial score (nSPS) is 11.8. The predicted molar refractivity (Wildman–Crippen MR) is 220 cm³/mol. The molecule has 2 heterocycles. The molecule has 0 amide bonds. The average molecular weight is 659 g/mol. The van der Waals surface area contributed by atoms with E-state index in [0.717, 1.165) is 22.5 Å². The van der Waals surface area contributed by atoms with Crippen LogP contribution in [0.25, 0.3) is 109 Å². The first-order chi connectivity index (χ1) is 25.9. The molecule has 0 unspecified atom stereocenters. The number of benzene rings is 9. The molecular weight excluding hydrogens is 629 g/mol. The Labute approximate surface area is 300 Å². The smallest absolute Gasteiger partial charge is 0.0714 e. The van der Waals surface area contributed by atoms with Crippen molar-refractivity contribution in [2.45, 2.75) is 0 Å². The molecule has 9 aromatic carbocycles. The van der Waals surface area contributed by atoms with Crippen molar-refractivity contribution >= 4 is 64.6 Å². The summed E-state index contributed by atoms with van der Waals surface area (Å²) in [5, 5.41) is 14.7. The van der Waals surface area contributed by atoms with Crippen LogP contribution >= 0.6 is 0 Å². The van der Waals surface area contributed by atoms with Crippen LogP contribution in [0.3, 0.4) is 0 Å². The van der Waals surface area contributed by atoms with Crippen LogP contribution in [0.2, 0.25) is 0 Å². The van der Waals surface area contributed by atoms with Crippen LogP contribution in [-0.2, 0) is 0 Å². The van der Waals surface area contributed by atoms with Gasteiger partial charge in [-0.1, -0.05) is 146 Å². The average Bonchev–Trinajstić information content (AvgIpc) is 3.22. The minimum atomic E-state index is 0.950. The van der Waals surface area contributed by atoms with Gasteiger partial charge in [-0.15, -0.1) is 0 Å². The number of hydrogen-bond donors (Lipinski definition) is 0. The van der Waals surface area contributed by atoms with Crippen molar-refractivity contribution in [3.05, 3.63) is 182 Å². The van der Waals surface area contributed by atoms with E-state index in [1.807, 2.05) is 24.5 Å². The van der Waals surface area contributed by atoms with Gasteiger partial charge in [-0.25, -0.2) is 0 Å². The Hall–Kier alpha value is -6.90. The summed E-state index contributed by atoms with van der Waals surface area (Å²) in [6.07, 6.45) is 3.86. The molecule has 0 saturated carbocycles. The molecule has 11 aromatic rings. The van der Waals surface area contributed by atoms with Gasteiger partial charge < -0.3 is 0 Å². The van der Waals surface area contributed by atoms with Crippen molar-refractivity contribution in [2.24, 2.45) is 0 Å². The monoisotopic (exact) mass is 658 g/mol. The maximum absolute atomic E-state index is 5.18. The molecule has 0 spiro atoms. The fourth-order valence-electron chi connectivity index (χ4n) is 8.89. The zero-order valence-electron chi connectivity index (χ0n) is 28.2. The van der Waals surface area contributed by atoms with Gasteiger partial charge in [0.1, 0.15) is 0 Å². The fourth-order valence-corrected chi connectivity index (χ4v) is 8.89. The van der Waals surface area contributed by atoms with E-state index in [4.69, 9.17) is 9.97 Å². The van der Waals surface area contributed by atoms with Crippen LogP contribution < -0.4 is 0 Å². The van der Waals surface area contributed by atoms with Crippen molar-refractivity contribution in [1.82, 2.24) is 9.97 Å². The van der Waals surface area contributed by atoms with Gasteiger partial charge >= 0.3 is 0 Å². The molecular formula is C50H30N2. The molecule has 0 N–H and O–H groups in total. The molecule has 2 aromatic heterocycles. The van der Waals surface area contributed by atoms with E-state index in [9.17, 15) is 0 Å². The molecule has 240 valence electrons. The Morgan fingerprint density at radius 2 is 0.654 bits per heavy atom. The number of fused-ring (bicyclic) bond motifs is 5. The van der Waals surface area contributed by atoms with Crippen molar-refractivity contribution < 1.29 is 0 Å². The third kappa shape index (κ3) is 4.06. The molecule has 52 heavy (non-hydrogen) atoms. The van der Waals surface area contributed by atoms with Crippen molar-refractivity contribution in [3.8, 4) is 44.8 Å². The Bertz CT molecular complexity index is 2920. The number of nitrogens with zero attached hydrogens (tertiary/aromatic N) is 2. The largest absolute Gasteiger partial charge is 0.256 e. The highest BCUT2D eigenvalue weighted by Gasteiger charge is 2.29. The quantitative estimate of drug-likeness (QED) is 0.139. The molecule has 2 nitrogen and oxygen atoms in total. The second-order valence-corrected chi connectivity index (χ2v) is 13.6. The van der Waals surface area contributed by atoms with Gasteiger partial charge in [0.15, 0.2) is 0 Å². The van der Waals surface area contributed by atoms with Crippen LogP contribution in [0.1, 0.15) is 0 Å². The molecule has 0 saturated heterocycles. The Kier molecular flexibility index (Phi) is 6.28. The van der Waals surface area contributed by atoms with Gasteiger partial charge in [-0.3, -0.25) is 9.97 Å². The zero-order chi connectivity index (χ0) is 34.2. The highest BCUT2D eigenvalue weighted by atomic mass is 14.7. The van der Waals surface area contributed by atoms with Gasteiger partial charge in [-0.05, 0) is 89.6 Å². The molecule has 0 radical (unpaired) electrons. The maximum Gasteiger partial charge on any atom is 0.0714 e. The minimum absolute atomic E-state index is 0.950. The highest BCUT2D eigenvalue weighted by Crippen LogP contribution is 2.56. The molecule has 0 fully saturated rings. The summed E-state index contributed by atoms with van der Waals surface area (Å²) in [5.41, 5.74) is 8.94. The third-order valence-electron chi connectivity index (χ3n) is 10.9. The van der Waals surface area contributed by atoms with Crippen LogP contribution in [0, 0.1) is 0 Å². The van der Waals surface area contributed by atoms with Gasteiger partial charge in [-0.2, -0.15) is 0 Å². The van der Waals surface area contributed by atoms with Crippen molar-refractivity contribution in [1.29, 1.82) is 0 Å². The van der Waals surface area contributed by atoms with Gasteiger partial charge in [0.05, 0.1) is 11.4 Å². The van der Waals surface area contributed by atoms with Crippen LogP contribution in [0.15, 0.2) is 182 Å². The number of pyridine rings is 2. The first-order valence-electron chi connectivity index (χ1n) is 17.8. The lowest BCUT2D eigenvalue weighted by Crippen LogP contribution is -2.00. The predicted octanol–water partition coefficient (Wildman–Crippen LogP) is 13.5. The van der Waals surface area contributed by atoms with Crippen molar-refractivity contribution in [2.75, 3.05) is 0 Å². The van der Waals surface area contributed by atoms with E-state index in [1.165, 1.54) is 86.9 Å². The summed E-state index contributed by atoms with van der Waals surface area (Å²) in [6.45, 7) is 0. The second-order valence-electron chi connectivity index (χ2n) is 13.6.